The highest BCUT2D eigenvalue weighted by molar-refractivity contribution is 7.80. The zero-order chi connectivity index (χ0) is 13.7. The van der Waals surface area contributed by atoms with E-state index in [0.29, 0.717) is 17.1 Å². The zero-order valence-electron chi connectivity index (χ0n) is 10.4. The lowest BCUT2D eigenvalue weighted by Gasteiger charge is -2.22. The third-order valence-corrected chi connectivity index (χ3v) is 3.11. The number of rotatable bonds is 5. The number of nitrogens with one attached hydrogen (secondary N) is 1. The van der Waals surface area contributed by atoms with Gasteiger partial charge in [0.05, 0.1) is 11.6 Å². The molecule has 0 atom stereocenters. The van der Waals surface area contributed by atoms with Crippen LogP contribution in [0, 0.1) is 0 Å². The van der Waals surface area contributed by atoms with E-state index < -0.39 is 0 Å². The highest BCUT2D eigenvalue weighted by atomic mass is 35.5. The molecular formula is C12H16ClN3OS. The highest BCUT2D eigenvalue weighted by Crippen LogP contribution is 2.23. The minimum atomic E-state index is -0.0496. The molecule has 0 radical (unpaired) electrons. The maximum absolute atomic E-state index is 11.4. The summed E-state index contributed by atoms with van der Waals surface area (Å²) in [5, 5.41) is 3.09. The quantitative estimate of drug-likeness (QED) is 0.806. The number of carbonyl (C=O) groups is 1. The van der Waals surface area contributed by atoms with E-state index in [0.717, 1.165) is 5.69 Å². The molecule has 0 saturated carbocycles. The second kappa shape index (κ2) is 6.56. The second-order valence-corrected chi connectivity index (χ2v) is 4.56. The van der Waals surface area contributed by atoms with Crippen molar-refractivity contribution >= 4 is 40.4 Å². The van der Waals surface area contributed by atoms with E-state index in [1.807, 2.05) is 17.9 Å². The average Bonchev–Trinajstić information content (AvgIpc) is 2.34. The Kier molecular flexibility index (Phi) is 5.37. The fourth-order valence-electron chi connectivity index (χ4n) is 1.54. The lowest BCUT2D eigenvalue weighted by Crippen LogP contribution is -2.35. The first-order valence-electron chi connectivity index (χ1n) is 5.54. The van der Waals surface area contributed by atoms with E-state index in [4.69, 9.17) is 29.6 Å². The van der Waals surface area contributed by atoms with Crippen molar-refractivity contribution in [2.45, 2.75) is 6.92 Å². The molecule has 0 saturated heterocycles. The molecule has 1 rings (SSSR count). The van der Waals surface area contributed by atoms with E-state index >= 15 is 0 Å². The lowest BCUT2D eigenvalue weighted by atomic mass is 10.2. The van der Waals surface area contributed by atoms with Gasteiger partial charge in [-0.25, -0.2) is 0 Å². The molecule has 1 aromatic rings. The summed E-state index contributed by atoms with van der Waals surface area (Å²) in [4.78, 5) is 13.6. The van der Waals surface area contributed by atoms with Crippen molar-refractivity contribution in [3.05, 3.63) is 28.8 Å². The molecule has 0 bridgehead atoms. The monoisotopic (exact) mass is 285 g/mol. The van der Waals surface area contributed by atoms with Gasteiger partial charge in [-0.05, 0) is 25.1 Å². The van der Waals surface area contributed by atoms with Crippen molar-refractivity contribution in [3.63, 3.8) is 0 Å². The SMILES string of the molecule is CCN(CC(=O)NC)c1ccc(C(N)=S)c(Cl)c1. The van der Waals surface area contributed by atoms with Crippen LogP contribution in [0.3, 0.4) is 0 Å². The van der Waals surface area contributed by atoms with Crippen molar-refractivity contribution in [3.8, 4) is 0 Å². The molecule has 0 aliphatic rings. The lowest BCUT2D eigenvalue weighted by molar-refractivity contribution is -0.119. The number of hydrogen-bond donors (Lipinski definition) is 2. The molecule has 98 valence electrons. The van der Waals surface area contributed by atoms with Crippen LogP contribution in [0.2, 0.25) is 5.02 Å². The first kappa shape index (κ1) is 14.7. The number of halogens is 1. The first-order chi connectivity index (χ1) is 8.49. The van der Waals surface area contributed by atoms with Gasteiger partial charge in [0.2, 0.25) is 5.91 Å². The summed E-state index contributed by atoms with van der Waals surface area (Å²) in [5.74, 6) is -0.0496. The van der Waals surface area contributed by atoms with Gasteiger partial charge in [0.25, 0.3) is 0 Å². The van der Waals surface area contributed by atoms with Crippen LogP contribution < -0.4 is 16.0 Å². The Labute approximate surface area is 117 Å². The van der Waals surface area contributed by atoms with Crippen LogP contribution in [0.1, 0.15) is 12.5 Å². The van der Waals surface area contributed by atoms with Crippen molar-refractivity contribution < 1.29 is 4.79 Å². The number of thiocarbonyl (C=S) groups is 1. The molecule has 6 heteroatoms. The normalized spacial score (nSPS) is 9.94. The molecular weight excluding hydrogens is 270 g/mol. The van der Waals surface area contributed by atoms with E-state index in [1.54, 1.807) is 19.2 Å². The maximum atomic E-state index is 11.4. The van der Waals surface area contributed by atoms with E-state index in [2.05, 4.69) is 5.32 Å². The maximum Gasteiger partial charge on any atom is 0.239 e. The molecule has 0 fully saturated rings. The van der Waals surface area contributed by atoms with E-state index in [-0.39, 0.29) is 17.4 Å². The number of benzene rings is 1. The molecule has 3 N–H and O–H groups in total. The molecule has 0 aromatic heterocycles. The summed E-state index contributed by atoms with van der Waals surface area (Å²) in [6.45, 7) is 2.96. The van der Waals surface area contributed by atoms with Gasteiger partial charge in [-0.3, -0.25) is 4.79 Å². The topological polar surface area (TPSA) is 58.4 Å². The van der Waals surface area contributed by atoms with Gasteiger partial charge in [-0.1, -0.05) is 23.8 Å². The van der Waals surface area contributed by atoms with Crippen LogP contribution in [0.4, 0.5) is 5.69 Å². The number of hydrogen-bond acceptors (Lipinski definition) is 3. The number of likely N-dealkylation sites (N-methyl/N-ethyl adjacent to an activating group) is 2. The van der Waals surface area contributed by atoms with Crippen molar-refractivity contribution in [2.24, 2.45) is 5.73 Å². The summed E-state index contributed by atoms with van der Waals surface area (Å²) in [6.07, 6.45) is 0. The predicted octanol–water partition coefficient (Wildman–Crippen LogP) is 1.55. The summed E-state index contributed by atoms with van der Waals surface area (Å²) >= 11 is 11.0. The fraction of sp³-hybridized carbons (Fsp3) is 0.333. The fourth-order valence-corrected chi connectivity index (χ4v) is 2.05. The third-order valence-electron chi connectivity index (χ3n) is 2.58. The van der Waals surface area contributed by atoms with Gasteiger partial charge in [-0.15, -0.1) is 0 Å². The van der Waals surface area contributed by atoms with Crippen molar-refractivity contribution in [1.29, 1.82) is 0 Å². The Morgan fingerprint density at radius 2 is 2.22 bits per heavy atom. The Morgan fingerprint density at radius 1 is 1.56 bits per heavy atom. The Bertz CT molecular complexity index is 465. The number of nitrogens with zero attached hydrogens (tertiary/aromatic N) is 1. The van der Waals surface area contributed by atoms with E-state index in [9.17, 15) is 4.79 Å². The molecule has 1 aromatic carbocycles. The van der Waals surface area contributed by atoms with Gasteiger partial charge in [0, 0.05) is 24.8 Å². The zero-order valence-corrected chi connectivity index (χ0v) is 11.9. The van der Waals surface area contributed by atoms with Crippen LogP contribution in [0.5, 0.6) is 0 Å². The smallest absolute Gasteiger partial charge is 0.239 e. The van der Waals surface area contributed by atoms with Gasteiger partial charge in [-0.2, -0.15) is 0 Å². The van der Waals surface area contributed by atoms with Gasteiger partial charge < -0.3 is 16.0 Å². The molecule has 4 nitrogen and oxygen atoms in total. The van der Waals surface area contributed by atoms with Crippen LogP contribution in [-0.2, 0) is 4.79 Å². The van der Waals surface area contributed by atoms with Crippen LogP contribution in [-0.4, -0.2) is 31.0 Å². The Balaban J connectivity index is 2.97. The summed E-state index contributed by atoms with van der Waals surface area (Å²) < 4.78 is 0. The largest absolute Gasteiger partial charge is 0.389 e. The third kappa shape index (κ3) is 3.58. The minimum Gasteiger partial charge on any atom is -0.389 e. The van der Waals surface area contributed by atoms with Gasteiger partial charge >= 0.3 is 0 Å². The number of anilines is 1. The number of amides is 1. The number of nitrogens with two attached hydrogens (primary N) is 1. The minimum absolute atomic E-state index is 0.0496. The van der Waals surface area contributed by atoms with Crippen molar-refractivity contribution in [1.82, 2.24) is 5.32 Å². The predicted molar refractivity (Wildman–Crippen MR) is 79.3 cm³/mol. The van der Waals surface area contributed by atoms with E-state index in [1.165, 1.54) is 0 Å². The Hall–Kier alpha value is -1.33. The first-order valence-corrected chi connectivity index (χ1v) is 6.33. The molecule has 18 heavy (non-hydrogen) atoms. The highest BCUT2D eigenvalue weighted by Gasteiger charge is 2.11. The molecule has 0 unspecified atom stereocenters. The van der Waals surface area contributed by atoms with Gasteiger partial charge in [0.15, 0.2) is 0 Å². The molecule has 1 amide bonds. The standard InChI is InChI=1S/C12H16ClN3OS/c1-3-16(7-11(17)15-2)8-4-5-9(12(14)18)10(13)6-8/h4-6H,3,7H2,1-2H3,(H2,14,18)(H,15,17). The average molecular weight is 286 g/mol. The van der Waals surface area contributed by atoms with Crippen LogP contribution in [0.25, 0.3) is 0 Å². The molecule has 0 aliphatic heterocycles. The second-order valence-electron chi connectivity index (χ2n) is 3.72. The summed E-state index contributed by atoms with van der Waals surface area (Å²) in [7, 11) is 1.61. The van der Waals surface area contributed by atoms with Gasteiger partial charge in [0.1, 0.15) is 4.99 Å². The molecule has 0 spiro atoms. The summed E-state index contributed by atoms with van der Waals surface area (Å²) in [5.41, 5.74) is 7.06. The molecule has 0 aliphatic carbocycles. The van der Waals surface area contributed by atoms with Crippen molar-refractivity contribution in [2.75, 3.05) is 25.0 Å². The van der Waals surface area contributed by atoms with Crippen LogP contribution in [0.15, 0.2) is 18.2 Å². The molecule has 0 heterocycles. The van der Waals surface area contributed by atoms with Crippen LogP contribution >= 0.6 is 23.8 Å². The summed E-state index contributed by atoms with van der Waals surface area (Å²) in [6, 6.07) is 5.39. The Morgan fingerprint density at radius 3 is 2.67 bits per heavy atom. The number of carbonyl (C=O) groups excluding carboxylic acids is 1.